The Balaban J connectivity index is 1.38. The molecule has 3 heterocycles. The Kier molecular flexibility index (Phi) is 7.45. The first-order valence-electron chi connectivity index (χ1n) is 12.1. The Bertz CT molecular complexity index is 1420. The minimum absolute atomic E-state index is 0.0534. The molecule has 3 atom stereocenters. The Morgan fingerprint density at radius 2 is 2.13 bits per heavy atom. The van der Waals surface area contributed by atoms with E-state index in [0.717, 1.165) is 29.0 Å². The van der Waals surface area contributed by atoms with Gasteiger partial charge in [-0.2, -0.15) is 0 Å². The van der Waals surface area contributed by atoms with Gasteiger partial charge in [-0.15, -0.1) is 0 Å². The van der Waals surface area contributed by atoms with Crippen molar-refractivity contribution in [3.63, 3.8) is 0 Å². The van der Waals surface area contributed by atoms with E-state index in [4.69, 9.17) is 17.3 Å². The van der Waals surface area contributed by atoms with Gasteiger partial charge in [0.1, 0.15) is 22.9 Å². The van der Waals surface area contributed by atoms with Crippen molar-refractivity contribution in [3.8, 4) is 0 Å². The van der Waals surface area contributed by atoms with E-state index in [1.165, 1.54) is 22.4 Å². The third-order valence-electron chi connectivity index (χ3n) is 7.31. The third kappa shape index (κ3) is 4.91. The van der Waals surface area contributed by atoms with Crippen molar-refractivity contribution in [1.29, 1.82) is 0 Å². The molecule has 1 saturated heterocycles. The van der Waals surface area contributed by atoms with Crippen molar-refractivity contribution in [3.05, 3.63) is 41.2 Å². The number of amides is 1. The maximum Gasteiger partial charge on any atom is 0.326 e. The number of aliphatic carboxylic acids is 1. The van der Waals surface area contributed by atoms with Gasteiger partial charge in [0, 0.05) is 53.9 Å². The summed E-state index contributed by atoms with van der Waals surface area (Å²) in [6.07, 6.45) is 6.35. The van der Waals surface area contributed by atoms with Crippen molar-refractivity contribution in [2.24, 2.45) is 0 Å². The molecule has 3 N–H and O–H groups in total. The number of carbonyl (C=O) groups excluding carboxylic acids is 1. The molecule has 5 rings (SSSR count). The number of nitrogens with zero attached hydrogens (tertiary/aromatic N) is 5. The lowest BCUT2D eigenvalue weighted by Crippen LogP contribution is -2.48. The van der Waals surface area contributed by atoms with Crippen LogP contribution in [0.5, 0.6) is 0 Å². The van der Waals surface area contributed by atoms with Crippen LogP contribution in [0.15, 0.2) is 30.6 Å². The van der Waals surface area contributed by atoms with E-state index in [1.54, 1.807) is 24.4 Å². The highest BCUT2D eigenvalue weighted by molar-refractivity contribution is 7.81. The molecule has 3 aromatic rings. The Labute approximate surface area is 230 Å². The first-order chi connectivity index (χ1) is 18.2. The fourth-order valence-corrected chi connectivity index (χ4v) is 7.00. The highest BCUT2D eigenvalue weighted by Crippen LogP contribution is 2.37. The lowest BCUT2D eigenvalue weighted by atomic mass is 9.92. The minimum Gasteiger partial charge on any atom is -0.755 e. The van der Waals surface area contributed by atoms with Gasteiger partial charge < -0.3 is 25.2 Å². The predicted octanol–water partition coefficient (Wildman–Crippen LogP) is 2.81. The van der Waals surface area contributed by atoms with Crippen LogP contribution in [0.2, 0.25) is 5.02 Å². The van der Waals surface area contributed by atoms with E-state index >= 15 is 0 Å². The van der Waals surface area contributed by atoms with E-state index in [-0.39, 0.29) is 19.4 Å². The zero-order valence-electron chi connectivity index (χ0n) is 20.4. The van der Waals surface area contributed by atoms with Gasteiger partial charge in [0.05, 0.1) is 6.20 Å². The third-order valence-corrected chi connectivity index (χ3v) is 9.64. The van der Waals surface area contributed by atoms with E-state index in [0.29, 0.717) is 38.0 Å². The standard InChI is InChI=1S/C24H27ClN6O5S2/c1-29(15-3-2-4-15)24-28-12-20(37-24)31(38(35)36)18-6-8-30(22(18)32)19(23(33)34)10-14-9-13-5-7-27-21(26)16(13)11-17(14)25/h5,7,9,11-12,15,18-19H,2-4,6,8,10H2,1H3,(H2,26,27)(H,33,34)(H,35,36)/p-1/t18-,19+/m0/s1. The second-order valence-corrected chi connectivity index (χ2v) is 11.7. The monoisotopic (exact) mass is 577 g/mol. The number of fused-ring (bicyclic) bond motifs is 1. The molecule has 0 bridgehead atoms. The number of nitrogens with two attached hydrogens (primary N) is 1. The first-order valence-corrected chi connectivity index (χ1v) is 14.3. The maximum atomic E-state index is 13.5. The average Bonchev–Trinajstić information content (AvgIpc) is 3.45. The number of hydrogen-bond acceptors (Lipinski definition) is 9. The number of carboxylic acids is 1. The predicted molar refractivity (Wildman–Crippen MR) is 146 cm³/mol. The van der Waals surface area contributed by atoms with Gasteiger partial charge in [-0.3, -0.25) is 13.3 Å². The first kappa shape index (κ1) is 26.6. The molecule has 2 aromatic heterocycles. The van der Waals surface area contributed by atoms with Gasteiger partial charge in [0.2, 0.25) is 5.91 Å². The second kappa shape index (κ2) is 10.6. The fraction of sp³-hybridized carbons (Fsp3) is 0.417. The molecule has 1 aliphatic carbocycles. The molecule has 1 aliphatic heterocycles. The van der Waals surface area contributed by atoms with E-state index in [2.05, 4.69) is 9.97 Å². The number of thiazole rings is 1. The van der Waals surface area contributed by atoms with E-state index < -0.39 is 35.2 Å². The van der Waals surface area contributed by atoms with Gasteiger partial charge in [-0.05, 0) is 54.8 Å². The lowest BCUT2D eigenvalue weighted by Gasteiger charge is -2.34. The molecule has 14 heteroatoms. The Morgan fingerprint density at radius 3 is 2.79 bits per heavy atom. The summed E-state index contributed by atoms with van der Waals surface area (Å²) in [5.41, 5.74) is 6.45. The van der Waals surface area contributed by atoms with E-state index in [9.17, 15) is 23.5 Å². The second-order valence-electron chi connectivity index (χ2n) is 9.47. The van der Waals surface area contributed by atoms with E-state index in [1.807, 2.05) is 11.9 Å². The molecule has 1 saturated carbocycles. The van der Waals surface area contributed by atoms with Gasteiger partial charge in [-0.25, -0.2) is 14.8 Å². The van der Waals surface area contributed by atoms with Crippen LogP contribution in [-0.2, 0) is 27.3 Å². The maximum absolute atomic E-state index is 13.5. The molecular weight excluding hydrogens is 552 g/mol. The van der Waals surface area contributed by atoms with Crippen molar-refractivity contribution >= 4 is 72.8 Å². The number of benzene rings is 1. The summed E-state index contributed by atoms with van der Waals surface area (Å²) in [6, 6.07) is 3.19. The summed E-state index contributed by atoms with van der Waals surface area (Å²) in [7, 11) is 1.92. The van der Waals surface area contributed by atoms with Gasteiger partial charge >= 0.3 is 5.97 Å². The highest BCUT2D eigenvalue weighted by Gasteiger charge is 2.43. The van der Waals surface area contributed by atoms with Crippen molar-refractivity contribution in [1.82, 2.24) is 14.9 Å². The number of anilines is 3. The molecule has 0 spiro atoms. The van der Waals surface area contributed by atoms with Crippen LogP contribution in [0.1, 0.15) is 31.2 Å². The smallest absolute Gasteiger partial charge is 0.326 e. The number of halogens is 1. The average molecular weight is 578 g/mol. The molecule has 1 unspecified atom stereocenters. The molecule has 0 radical (unpaired) electrons. The topological polar surface area (TPSA) is 156 Å². The number of hydrogen-bond donors (Lipinski definition) is 2. The number of rotatable bonds is 9. The zero-order valence-corrected chi connectivity index (χ0v) is 22.8. The van der Waals surface area contributed by atoms with Crippen LogP contribution in [0.25, 0.3) is 10.8 Å². The number of carbonyl (C=O) groups is 2. The van der Waals surface area contributed by atoms with Gasteiger partial charge in [0.25, 0.3) is 0 Å². The van der Waals surface area contributed by atoms with Crippen LogP contribution >= 0.6 is 22.9 Å². The van der Waals surface area contributed by atoms with Crippen LogP contribution in [0, 0.1) is 0 Å². The number of aromatic nitrogens is 2. The Morgan fingerprint density at radius 1 is 1.37 bits per heavy atom. The molecule has 38 heavy (non-hydrogen) atoms. The molecule has 1 amide bonds. The van der Waals surface area contributed by atoms with Gasteiger partial charge in [-0.1, -0.05) is 22.9 Å². The molecule has 2 aliphatic rings. The number of likely N-dealkylation sites (tertiary alicyclic amines) is 1. The van der Waals surface area contributed by atoms with Gasteiger partial charge in [0.15, 0.2) is 5.13 Å². The normalized spacial score (nSPS) is 19.4. The number of pyridine rings is 1. The van der Waals surface area contributed by atoms with Crippen molar-refractivity contribution < 1.29 is 23.5 Å². The Hall–Kier alpha value is -3.00. The largest absolute Gasteiger partial charge is 0.755 e. The molecule has 11 nitrogen and oxygen atoms in total. The fourth-order valence-electron chi connectivity index (χ4n) is 4.96. The summed E-state index contributed by atoms with van der Waals surface area (Å²) >= 11 is 4.89. The highest BCUT2D eigenvalue weighted by atomic mass is 35.5. The molecule has 2 fully saturated rings. The van der Waals surface area contributed by atoms with Crippen LogP contribution in [0.3, 0.4) is 0 Å². The number of nitrogen functional groups attached to an aromatic ring is 1. The molecule has 1 aromatic carbocycles. The van der Waals surface area contributed by atoms with Crippen molar-refractivity contribution in [2.75, 3.05) is 28.5 Å². The minimum atomic E-state index is -2.76. The molecule has 202 valence electrons. The van der Waals surface area contributed by atoms with Crippen LogP contribution in [-0.4, -0.2) is 72.3 Å². The summed E-state index contributed by atoms with van der Waals surface area (Å²) in [5.74, 6) is -1.48. The summed E-state index contributed by atoms with van der Waals surface area (Å²) < 4.78 is 25.6. The summed E-state index contributed by atoms with van der Waals surface area (Å²) in [4.78, 5) is 37.4. The van der Waals surface area contributed by atoms with Crippen LogP contribution in [0.4, 0.5) is 16.0 Å². The van der Waals surface area contributed by atoms with Crippen molar-refractivity contribution in [2.45, 2.75) is 50.2 Å². The van der Waals surface area contributed by atoms with Crippen LogP contribution < -0.4 is 14.9 Å². The zero-order chi connectivity index (χ0) is 27.1. The summed E-state index contributed by atoms with van der Waals surface area (Å²) in [6.45, 7) is 0.0872. The summed E-state index contributed by atoms with van der Waals surface area (Å²) in [5, 5.41) is 12.7. The molecular formula is C24H26ClN6O5S2-. The SMILES string of the molecule is CN(c1ncc(N([C@H]2CCN([C@H](Cc3cc4ccnc(N)c4cc3Cl)C(=O)O)C2=O)S(=O)[O-])s1)C1CCC1. The lowest BCUT2D eigenvalue weighted by molar-refractivity contribution is -0.148. The number of carboxylic acid groups (broad SMARTS) is 1. The quantitative estimate of drug-likeness (QED) is 0.365.